The van der Waals surface area contributed by atoms with Gasteiger partial charge in [-0.15, -0.1) is 0 Å². The molecule has 0 saturated carbocycles. The smallest absolute Gasteiger partial charge is 0.264 e. The number of anilines is 1. The molecule has 1 heterocycles. The molecule has 7 heteroatoms. The van der Waals surface area contributed by atoms with E-state index in [-0.39, 0.29) is 12.5 Å². The first-order valence-corrected chi connectivity index (χ1v) is 7.58. The summed E-state index contributed by atoms with van der Waals surface area (Å²) in [5.74, 6) is 0.256. The number of thiazole rings is 1. The number of methoxy groups -OCH3 is 1. The topological polar surface area (TPSA) is 60.5 Å². The third-order valence-corrected chi connectivity index (χ3v) is 3.94. The van der Waals surface area contributed by atoms with E-state index in [1.807, 2.05) is 12.1 Å². The van der Waals surface area contributed by atoms with Gasteiger partial charge in [0.1, 0.15) is 17.3 Å². The van der Waals surface area contributed by atoms with E-state index in [1.54, 1.807) is 19.2 Å². The number of halogens is 1. The molecule has 1 amide bonds. The average molecular weight is 332 g/mol. The highest BCUT2D eigenvalue weighted by atomic mass is 32.1. The Balaban J connectivity index is 1.63. The van der Waals surface area contributed by atoms with E-state index in [0.717, 1.165) is 16.0 Å². The van der Waals surface area contributed by atoms with Crippen molar-refractivity contribution in [3.63, 3.8) is 0 Å². The van der Waals surface area contributed by atoms with Gasteiger partial charge in [-0.3, -0.25) is 10.1 Å². The van der Waals surface area contributed by atoms with Crippen LogP contribution in [0.2, 0.25) is 0 Å². The quantitative estimate of drug-likeness (QED) is 0.777. The second-order valence-corrected chi connectivity index (χ2v) is 5.68. The minimum Gasteiger partial charge on any atom is -0.497 e. The average Bonchev–Trinajstić information content (AvgIpc) is 2.94. The second-order valence-electron chi connectivity index (χ2n) is 4.65. The monoisotopic (exact) mass is 332 g/mol. The fraction of sp³-hybridized carbons (Fsp3) is 0.125. The Bertz CT molecular complexity index is 850. The van der Waals surface area contributed by atoms with Crippen molar-refractivity contribution < 1.29 is 18.7 Å². The Morgan fingerprint density at radius 2 is 2.13 bits per heavy atom. The molecule has 2 aromatic carbocycles. The number of carbonyl (C=O) groups excluding carboxylic acids is 1. The molecule has 0 saturated heterocycles. The normalized spacial score (nSPS) is 10.5. The van der Waals surface area contributed by atoms with Crippen molar-refractivity contribution in [2.75, 3.05) is 19.0 Å². The Hall–Kier alpha value is -2.67. The molecule has 3 aromatic rings. The number of fused-ring (bicyclic) bond motifs is 1. The van der Waals surface area contributed by atoms with Crippen LogP contribution in [0.4, 0.5) is 9.52 Å². The predicted molar refractivity (Wildman–Crippen MR) is 86.7 cm³/mol. The second kappa shape index (κ2) is 6.62. The van der Waals surface area contributed by atoms with Crippen LogP contribution in [-0.4, -0.2) is 24.6 Å². The molecular weight excluding hydrogens is 319 g/mol. The SMILES string of the molecule is COc1ccc2nc(NC(=O)COc3cccc(F)c3)sc2c1. The summed E-state index contributed by atoms with van der Waals surface area (Å²) in [6, 6.07) is 11.1. The lowest BCUT2D eigenvalue weighted by Crippen LogP contribution is -2.20. The van der Waals surface area contributed by atoms with Crippen molar-refractivity contribution in [3.05, 3.63) is 48.3 Å². The molecule has 0 radical (unpaired) electrons. The van der Waals surface area contributed by atoms with Crippen molar-refractivity contribution in [2.45, 2.75) is 0 Å². The Morgan fingerprint density at radius 3 is 2.91 bits per heavy atom. The molecule has 0 fully saturated rings. The zero-order chi connectivity index (χ0) is 16.2. The van der Waals surface area contributed by atoms with E-state index >= 15 is 0 Å². The molecule has 3 rings (SSSR count). The summed E-state index contributed by atoms with van der Waals surface area (Å²) in [7, 11) is 1.59. The lowest BCUT2D eigenvalue weighted by molar-refractivity contribution is -0.118. The van der Waals surface area contributed by atoms with Crippen LogP contribution in [0.1, 0.15) is 0 Å². The zero-order valence-electron chi connectivity index (χ0n) is 12.2. The largest absolute Gasteiger partial charge is 0.497 e. The van der Waals surface area contributed by atoms with Gasteiger partial charge in [-0.1, -0.05) is 17.4 Å². The van der Waals surface area contributed by atoms with E-state index < -0.39 is 5.82 Å². The van der Waals surface area contributed by atoms with Gasteiger partial charge in [0.05, 0.1) is 17.3 Å². The Morgan fingerprint density at radius 1 is 1.26 bits per heavy atom. The van der Waals surface area contributed by atoms with Crippen LogP contribution < -0.4 is 14.8 Å². The van der Waals surface area contributed by atoms with Gasteiger partial charge in [-0.2, -0.15) is 0 Å². The van der Waals surface area contributed by atoms with Crippen molar-refractivity contribution in [3.8, 4) is 11.5 Å². The van der Waals surface area contributed by atoms with Gasteiger partial charge in [-0.05, 0) is 30.3 Å². The number of nitrogens with one attached hydrogen (secondary N) is 1. The first-order valence-electron chi connectivity index (χ1n) is 6.77. The van der Waals surface area contributed by atoms with Gasteiger partial charge in [0, 0.05) is 6.07 Å². The lowest BCUT2D eigenvalue weighted by Gasteiger charge is -2.05. The molecule has 0 atom stereocenters. The molecular formula is C16H13FN2O3S. The first kappa shape index (κ1) is 15.2. The number of rotatable bonds is 5. The van der Waals surface area contributed by atoms with Crippen LogP contribution in [0.3, 0.4) is 0 Å². The van der Waals surface area contributed by atoms with Crippen LogP contribution in [0.25, 0.3) is 10.2 Å². The number of ether oxygens (including phenoxy) is 2. The number of hydrogen-bond donors (Lipinski definition) is 1. The molecule has 0 spiro atoms. The summed E-state index contributed by atoms with van der Waals surface area (Å²) >= 11 is 1.34. The van der Waals surface area contributed by atoms with Gasteiger partial charge in [0.25, 0.3) is 5.91 Å². The summed E-state index contributed by atoms with van der Waals surface area (Å²) < 4.78 is 24.3. The number of benzene rings is 2. The molecule has 5 nitrogen and oxygen atoms in total. The van der Waals surface area contributed by atoms with E-state index in [0.29, 0.717) is 10.9 Å². The van der Waals surface area contributed by atoms with Crippen LogP contribution in [-0.2, 0) is 4.79 Å². The molecule has 0 aliphatic rings. The van der Waals surface area contributed by atoms with E-state index in [9.17, 15) is 9.18 Å². The van der Waals surface area contributed by atoms with Gasteiger partial charge in [0.2, 0.25) is 0 Å². The fourth-order valence-electron chi connectivity index (χ4n) is 1.95. The minimum atomic E-state index is -0.414. The summed E-state index contributed by atoms with van der Waals surface area (Å²) in [5.41, 5.74) is 0.775. The molecule has 118 valence electrons. The fourth-order valence-corrected chi connectivity index (χ4v) is 2.86. The van der Waals surface area contributed by atoms with Crippen LogP contribution in [0.5, 0.6) is 11.5 Å². The van der Waals surface area contributed by atoms with Crippen molar-refractivity contribution in [2.24, 2.45) is 0 Å². The van der Waals surface area contributed by atoms with Gasteiger partial charge in [-0.25, -0.2) is 9.37 Å². The molecule has 0 aliphatic carbocycles. The van der Waals surface area contributed by atoms with Crippen molar-refractivity contribution in [1.29, 1.82) is 0 Å². The highest BCUT2D eigenvalue weighted by molar-refractivity contribution is 7.22. The maximum Gasteiger partial charge on any atom is 0.264 e. The van der Waals surface area contributed by atoms with E-state index in [4.69, 9.17) is 9.47 Å². The van der Waals surface area contributed by atoms with Crippen molar-refractivity contribution >= 4 is 32.6 Å². The number of nitrogens with zero attached hydrogens (tertiary/aromatic N) is 1. The summed E-state index contributed by atoms with van der Waals surface area (Å²) in [6.45, 7) is -0.220. The molecule has 1 N–H and O–H groups in total. The Kier molecular flexibility index (Phi) is 4.38. The maximum absolute atomic E-state index is 13.0. The predicted octanol–water partition coefficient (Wildman–Crippen LogP) is 3.46. The lowest BCUT2D eigenvalue weighted by atomic mass is 10.3. The number of aromatic nitrogens is 1. The summed E-state index contributed by atoms with van der Waals surface area (Å²) in [4.78, 5) is 16.2. The van der Waals surface area contributed by atoms with Crippen LogP contribution in [0.15, 0.2) is 42.5 Å². The van der Waals surface area contributed by atoms with Crippen LogP contribution in [0, 0.1) is 5.82 Å². The number of carbonyl (C=O) groups is 1. The number of amides is 1. The molecule has 0 aliphatic heterocycles. The first-order chi connectivity index (χ1) is 11.1. The van der Waals surface area contributed by atoms with Gasteiger partial charge >= 0.3 is 0 Å². The van der Waals surface area contributed by atoms with E-state index in [2.05, 4.69) is 10.3 Å². The number of hydrogen-bond acceptors (Lipinski definition) is 5. The van der Waals surface area contributed by atoms with Crippen molar-refractivity contribution in [1.82, 2.24) is 4.98 Å². The third kappa shape index (κ3) is 3.75. The third-order valence-electron chi connectivity index (χ3n) is 3.01. The summed E-state index contributed by atoms with van der Waals surface area (Å²) in [5, 5.41) is 3.14. The molecule has 23 heavy (non-hydrogen) atoms. The maximum atomic E-state index is 13.0. The van der Waals surface area contributed by atoms with E-state index in [1.165, 1.54) is 29.5 Å². The Labute approximate surface area is 135 Å². The highest BCUT2D eigenvalue weighted by Gasteiger charge is 2.09. The summed E-state index contributed by atoms with van der Waals surface area (Å²) in [6.07, 6.45) is 0. The minimum absolute atomic E-state index is 0.220. The molecule has 0 unspecified atom stereocenters. The van der Waals surface area contributed by atoms with Crippen LogP contribution >= 0.6 is 11.3 Å². The standard InChI is InChI=1S/C16H13FN2O3S/c1-21-11-5-6-13-14(8-11)23-16(18-13)19-15(20)9-22-12-4-2-3-10(17)7-12/h2-8H,9H2,1H3,(H,18,19,20). The van der Waals surface area contributed by atoms with Gasteiger partial charge < -0.3 is 9.47 Å². The molecule has 1 aromatic heterocycles. The highest BCUT2D eigenvalue weighted by Crippen LogP contribution is 2.29. The molecule has 0 bridgehead atoms. The van der Waals surface area contributed by atoms with Gasteiger partial charge in [0.15, 0.2) is 11.7 Å². The zero-order valence-corrected chi connectivity index (χ0v) is 13.0.